The molecule has 1 aromatic rings. The number of aryl methyl sites for hydroxylation is 1. The number of carboxylic acid groups (broad SMARTS) is 1. The second-order valence-corrected chi connectivity index (χ2v) is 4.60. The van der Waals surface area contributed by atoms with Crippen molar-refractivity contribution in [2.45, 2.75) is 31.5 Å². The number of halogens is 3. The summed E-state index contributed by atoms with van der Waals surface area (Å²) in [6, 6.07) is 3.88. The number of rotatable bonds is 1. The Morgan fingerprint density at radius 1 is 1.44 bits per heavy atom. The molecule has 1 unspecified atom stereocenters. The number of benzene rings is 1. The maximum atomic E-state index is 12.8. The maximum Gasteiger partial charge on any atom is 0.418 e. The highest BCUT2D eigenvalue weighted by Crippen LogP contribution is 2.41. The Morgan fingerprint density at radius 3 is 2.67 bits per heavy atom. The first-order valence-corrected chi connectivity index (χ1v) is 5.45. The second kappa shape index (κ2) is 3.90. The molecule has 1 heterocycles. The molecule has 1 atom stereocenters. The zero-order chi connectivity index (χ0) is 13.6. The summed E-state index contributed by atoms with van der Waals surface area (Å²) in [5, 5.41) is 11.6. The van der Waals surface area contributed by atoms with Gasteiger partial charge in [0, 0.05) is 0 Å². The van der Waals surface area contributed by atoms with Crippen molar-refractivity contribution in [2.24, 2.45) is 0 Å². The van der Waals surface area contributed by atoms with Crippen molar-refractivity contribution in [1.82, 2.24) is 0 Å². The second-order valence-electron chi connectivity index (χ2n) is 4.60. The van der Waals surface area contributed by atoms with Gasteiger partial charge in [0.05, 0.1) is 11.3 Å². The van der Waals surface area contributed by atoms with Gasteiger partial charge in [0.2, 0.25) is 0 Å². The van der Waals surface area contributed by atoms with E-state index in [1.165, 1.54) is 13.0 Å². The minimum Gasteiger partial charge on any atom is -0.480 e. The van der Waals surface area contributed by atoms with Crippen molar-refractivity contribution in [2.75, 3.05) is 5.32 Å². The highest BCUT2D eigenvalue weighted by atomic mass is 19.4. The molecular weight excluding hydrogens is 247 g/mol. The van der Waals surface area contributed by atoms with Gasteiger partial charge < -0.3 is 10.4 Å². The predicted octanol–water partition coefficient (Wildman–Crippen LogP) is 2.91. The molecule has 1 aromatic carbocycles. The van der Waals surface area contributed by atoms with Gasteiger partial charge in [-0.3, -0.25) is 0 Å². The number of fused-ring (bicyclic) bond motifs is 1. The number of hydrogen-bond acceptors (Lipinski definition) is 2. The van der Waals surface area contributed by atoms with Gasteiger partial charge in [-0.1, -0.05) is 12.1 Å². The lowest BCUT2D eigenvalue weighted by molar-refractivity contribution is -0.143. The van der Waals surface area contributed by atoms with E-state index < -0.39 is 23.2 Å². The van der Waals surface area contributed by atoms with Crippen LogP contribution in [0.25, 0.3) is 0 Å². The molecule has 0 spiro atoms. The summed E-state index contributed by atoms with van der Waals surface area (Å²) < 4.78 is 38.5. The number of anilines is 1. The van der Waals surface area contributed by atoms with E-state index in [4.69, 9.17) is 5.11 Å². The third kappa shape index (κ3) is 2.02. The minimum atomic E-state index is -4.49. The van der Waals surface area contributed by atoms with Gasteiger partial charge >= 0.3 is 12.1 Å². The van der Waals surface area contributed by atoms with Gasteiger partial charge in [-0.15, -0.1) is 0 Å². The van der Waals surface area contributed by atoms with Crippen LogP contribution in [-0.4, -0.2) is 16.6 Å². The van der Waals surface area contributed by atoms with E-state index in [-0.39, 0.29) is 12.1 Å². The number of para-hydroxylation sites is 1. The molecule has 98 valence electrons. The van der Waals surface area contributed by atoms with E-state index >= 15 is 0 Å². The number of carboxylic acids is 1. The zero-order valence-corrected chi connectivity index (χ0v) is 9.64. The minimum absolute atomic E-state index is 0.110. The van der Waals surface area contributed by atoms with Crippen molar-refractivity contribution < 1.29 is 23.1 Å². The van der Waals surface area contributed by atoms with Crippen molar-refractivity contribution in [3.05, 3.63) is 29.3 Å². The fourth-order valence-electron chi connectivity index (χ4n) is 2.08. The SMILES string of the molecule is CC1(C(=O)O)CCc2cccc(C(F)(F)F)c2N1. The average molecular weight is 259 g/mol. The Balaban J connectivity index is 2.51. The van der Waals surface area contributed by atoms with E-state index in [2.05, 4.69) is 5.32 Å². The smallest absolute Gasteiger partial charge is 0.418 e. The van der Waals surface area contributed by atoms with E-state index in [9.17, 15) is 18.0 Å². The lowest BCUT2D eigenvalue weighted by Gasteiger charge is -2.34. The predicted molar refractivity (Wildman–Crippen MR) is 59.4 cm³/mol. The van der Waals surface area contributed by atoms with E-state index in [0.717, 1.165) is 6.07 Å². The Bertz CT molecular complexity index is 499. The van der Waals surface area contributed by atoms with Crippen molar-refractivity contribution in [3.63, 3.8) is 0 Å². The van der Waals surface area contributed by atoms with Gasteiger partial charge in [0.15, 0.2) is 0 Å². The summed E-state index contributed by atoms with van der Waals surface area (Å²) in [5.41, 5.74) is -1.77. The Labute approximate surface area is 102 Å². The van der Waals surface area contributed by atoms with Crippen LogP contribution in [0.1, 0.15) is 24.5 Å². The normalized spacial score (nSPS) is 23.1. The molecule has 0 fully saturated rings. The number of alkyl halides is 3. The van der Waals surface area contributed by atoms with Crippen molar-refractivity contribution in [1.29, 1.82) is 0 Å². The molecular formula is C12H12F3NO2. The molecule has 0 saturated heterocycles. The monoisotopic (exact) mass is 259 g/mol. The molecule has 0 bridgehead atoms. The van der Waals surface area contributed by atoms with Crippen LogP contribution in [-0.2, 0) is 17.4 Å². The lowest BCUT2D eigenvalue weighted by atomic mass is 9.86. The molecule has 0 aliphatic carbocycles. The number of hydrogen-bond donors (Lipinski definition) is 2. The standard InChI is InChI=1S/C12H12F3NO2/c1-11(10(17)18)6-5-7-3-2-4-8(9(7)16-11)12(13,14)15/h2-4,16H,5-6H2,1H3,(H,17,18). The molecule has 1 aliphatic heterocycles. The first-order chi connectivity index (χ1) is 8.24. The summed E-state index contributed by atoms with van der Waals surface area (Å²) in [6.07, 6.45) is -3.92. The van der Waals surface area contributed by atoms with Gasteiger partial charge in [0.25, 0.3) is 0 Å². The molecule has 18 heavy (non-hydrogen) atoms. The van der Waals surface area contributed by atoms with Gasteiger partial charge in [0.1, 0.15) is 5.54 Å². The maximum absolute atomic E-state index is 12.8. The van der Waals surface area contributed by atoms with E-state index in [0.29, 0.717) is 12.0 Å². The van der Waals surface area contributed by atoms with Crippen LogP contribution in [0.2, 0.25) is 0 Å². The summed E-state index contributed by atoms with van der Waals surface area (Å²) in [4.78, 5) is 11.1. The zero-order valence-electron chi connectivity index (χ0n) is 9.64. The Morgan fingerprint density at radius 2 is 2.11 bits per heavy atom. The molecule has 0 aromatic heterocycles. The summed E-state index contributed by atoms with van der Waals surface area (Å²) in [5.74, 6) is -1.15. The molecule has 6 heteroatoms. The van der Waals surface area contributed by atoms with Crippen LogP contribution in [0, 0.1) is 0 Å². The third-order valence-corrected chi connectivity index (χ3v) is 3.22. The van der Waals surface area contributed by atoms with Crippen LogP contribution >= 0.6 is 0 Å². The Hall–Kier alpha value is -1.72. The fraction of sp³-hybridized carbons (Fsp3) is 0.417. The molecule has 2 rings (SSSR count). The molecule has 0 amide bonds. The Kier molecular flexibility index (Phi) is 2.76. The molecule has 1 aliphatic rings. The van der Waals surface area contributed by atoms with Crippen LogP contribution in [0.4, 0.5) is 18.9 Å². The number of carbonyl (C=O) groups is 1. The molecule has 2 N–H and O–H groups in total. The highest BCUT2D eigenvalue weighted by molar-refractivity contribution is 5.84. The van der Waals surface area contributed by atoms with Crippen LogP contribution in [0.5, 0.6) is 0 Å². The van der Waals surface area contributed by atoms with Gasteiger partial charge in [-0.05, 0) is 31.4 Å². The first kappa shape index (κ1) is 12.7. The average Bonchev–Trinajstić information content (AvgIpc) is 2.26. The molecule has 3 nitrogen and oxygen atoms in total. The quantitative estimate of drug-likeness (QED) is 0.815. The van der Waals surface area contributed by atoms with Crippen molar-refractivity contribution >= 4 is 11.7 Å². The first-order valence-electron chi connectivity index (χ1n) is 5.45. The van der Waals surface area contributed by atoms with Crippen LogP contribution in [0.3, 0.4) is 0 Å². The summed E-state index contributed by atoms with van der Waals surface area (Å²) in [7, 11) is 0. The largest absolute Gasteiger partial charge is 0.480 e. The van der Waals surface area contributed by atoms with Crippen LogP contribution < -0.4 is 5.32 Å². The number of aliphatic carboxylic acids is 1. The topological polar surface area (TPSA) is 49.3 Å². The lowest BCUT2D eigenvalue weighted by Crippen LogP contribution is -2.46. The fourth-order valence-corrected chi connectivity index (χ4v) is 2.08. The number of nitrogens with one attached hydrogen (secondary N) is 1. The van der Waals surface area contributed by atoms with Gasteiger partial charge in [-0.2, -0.15) is 13.2 Å². The van der Waals surface area contributed by atoms with Crippen LogP contribution in [0.15, 0.2) is 18.2 Å². The van der Waals surface area contributed by atoms with Gasteiger partial charge in [-0.25, -0.2) is 4.79 Å². The van der Waals surface area contributed by atoms with E-state index in [1.54, 1.807) is 6.07 Å². The molecule has 0 saturated carbocycles. The summed E-state index contributed by atoms with van der Waals surface area (Å²) >= 11 is 0. The van der Waals surface area contributed by atoms with Crippen molar-refractivity contribution in [3.8, 4) is 0 Å². The summed E-state index contributed by atoms with van der Waals surface area (Å²) in [6.45, 7) is 1.39. The van der Waals surface area contributed by atoms with E-state index in [1.807, 2.05) is 0 Å². The highest BCUT2D eigenvalue weighted by Gasteiger charge is 2.41. The third-order valence-electron chi connectivity index (χ3n) is 3.22. The molecule has 0 radical (unpaired) electrons.